The first-order chi connectivity index (χ1) is 10.2. The minimum atomic E-state index is -1.11. The summed E-state index contributed by atoms with van der Waals surface area (Å²) in [6.07, 6.45) is 5.17. The Morgan fingerprint density at radius 2 is 2.29 bits per heavy atom. The van der Waals surface area contributed by atoms with Crippen LogP contribution in [0.1, 0.15) is 32.1 Å². The summed E-state index contributed by atoms with van der Waals surface area (Å²) in [4.78, 5) is 7.63. The third kappa shape index (κ3) is 2.26. The van der Waals surface area contributed by atoms with Gasteiger partial charge in [0.15, 0.2) is 5.16 Å². The topological polar surface area (TPSA) is 81.0 Å². The van der Waals surface area contributed by atoms with Gasteiger partial charge in [0, 0.05) is 17.5 Å². The number of anilines is 1. The van der Waals surface area contributed by atoms with Crippen LogP contribution >= 0.6 is 0 Å². The number of benzene rings is 1. The molecule has 1 aromatic heterocycles. The Bertz CT molecular complexity index is 708. The maximum atomic E-state index is 12.8. The van der Waals surface area contributed by atoms with Crippen LogP contribution in [-0.2, 0) is 15.5 Å². The Balaban J connectivity index is 1.60. The van der Waals surface area contributed by atoms with E-state index in [2.05, 4.69) is 9.97 Å². The molecule has 2 atom stereocenters. The molecule has 6 heteroatoms. The van der Waals surface area contributed by atoms with Crippen molar-refractivity contribution in [3.05, 3.63) is 18.2 Å². The van der Waals surface area contributed by atoms with Crippen LogP contribution in [0.5, 0.6) is 0 Å². The fraction of sp³-hybridized carbons (Fsp3) is 0.533. The number of hydrogen-bond donors (Lipinski definition) is 2. The lowest BCUT2D eigenvalue weighted by Gasteiger charge is -2.46. The van der Waals surface area contributed by atoms with Gasteiger partial charge < -0.3 is 15.5 Å². The third-order valence-electron chi connectivity index (χ3n) is 4.69. The quantitative estimate of drug-likeness (QED) is 0.835. The predicted octanol–water partition coefficient (Wildman–Crippen LogP) is 2.35. The second kappa shape index (κ2) is 4.81. The molecular formula is C15H19N3O2S. The average molecular weight is 305 g/mol. The van der Waals surface area contributed by atoms with Gasteiger partial charge in [0.2, 0.25) is 0 Å². The molecule has 2 aliphatic rings. The zero-order valence-electron chi connectivity index (χ0n) is 11.8. The largest absolute Gasteiger partial charge is 0.399 e. The number of hydrogen-bond acceptors (Lipinski definition) is 4. The van der Waals surface area contributed by atoms with Gasteiger partial charge in [-0.15, -0.1) is 0 Å². The van der Waals surface area contributed by atoms with E-state index in [-0.39, 0.29) is 10.9 Å². The summed E-state index contributed by atoms with van der Waals surface area (Å²) >= 11 is 0. The summed E-state index contributed by atoms with van der Waals surface area (Å²) in [5.74, 6) is 0. The molecule has 0 bridgehead atoms. The second-order valence-corrected chi connectivity index (χ2v) is 7.76. The van der Waals surface area contributed by atoms with Crippen molar-refractivity contribution >= 4 is 27.5 Å². The minimum Gasteiger partial charge on any atom is -0.399 e. The Labute approximate surface area is 125 Å². The predicted molar refractivity (Wildman–Crippen MR) is 82.5 cm³/mol. The molecule has 0 amide bonds. The van der Waals surface area contributed by atoms with Gasteiger partial charge in [-0.1, -0.05) is 0 Å². The van der Waals surface area contributed by atoms with E-state index >= 15 is 0 Å². The zero-order chi connectivity index (χ0) is 14.4. The molecule has 112 valence electrons. The highest BCUT2D eigenvalue weighted by Gasteiger charge is 2.44. The lowest BCUT2D eigenvalue weighted by atomic mass is 9.75. The van der Waals surface area contributed by atoms with E-state index in [1.54, 1.807) is 0 Å². The highest BCUT2D eigenvalue weighted by atomic mass is 32.2. The first kappa shape index (κ1) is 13.3. The molecule has 4 rings (SSSR count). The monoisotopic (exact) mass is 305 g/mol. The first-order valence-corrected chi connectivity index (χ1v) is 8.66. The fourth-order valence-corrected chi connectivity index (χ4v) is 4.82. The van der Waals surface area contributed by atoms with Crippen LogP contribution in [0.2, 0.25) is 0 Å². The molecule has 2 unspecified atom stereocenters. The zero-order valence-corrected chi connectivity index (χ0v) is 12.6. The average Bonchev–Trinajstić information content (AvgIpc) is 2.88. The number of nitrogens with one attached hydrogen (secondary N) is 1. The number of aromatic amines is 1. The number of fused-ring (bicyclic) bond motifs is 1. The van der Waals surface area contributed by atoms with Crippen LogP contribution in [0, 0.1) is 0 Å². The highest BCUT2D eigenvalue weighted by molar-refractivity contribution is 7.85. The molecule has 3 N–H and O–H groups in total. The Hall–Kier alpha value is -1.40. The van der Waals surface area contributed by atoms with E-state index in [0.29, 0.717) is 17.5 Å². The second-order valence-electron chi connectivity index (χ2n) is 6.12. The molecule has 0 radical (unpaired) electrons. The maximum Gasteiger partial charge on any atom is 0.197 e. The van der Waals surface area contributed by atoms with E-state index < -0.39 is 10.8 Å². The number of nitrogens with zero attached hydrogens (tertiary/aromatic N) is 1. The molecule has 21 heavy (non-hydrogen) atoms. The van der Waals surface area contributed by atoms with Crippen molar-refractivity contribution < 1.29 is 8.95 Å². The molecule has 1 aliphatic carbocycles. The first-order valence-electron chi connectivity index (χ1n) is 7.45. The van der Waals surface area contributed by atoms with Gasteiger partial charge in [-0.2, -0.15) is 0 Å². The number of rotatable bonds is 2. The van der Waals surface area contributed by atoms with Crippen LogP contribution < -0.4 is 5.73 Å². The van der Waals surface area contributed by atoms with Crippen molar-refractivity contribution in [1.82, 2.24) is 9.97 Å². The van der Waals surface area contributed by atoms with Crippen LogP contribution in [0.15, 0.2) is 23.4 Å². The van der Waals surface area contributed by atoms with Crippen molar-refractivity contribution in [2.24, 2.45) is 0 Å². The number of H-pyrrole nitrogens is 1. The Kier molecular flexibility index (Phi) is 3.04. The molecule has 2 heterocycles. The van der Waals surface area contributed by atoms with Crippen LogP contribution in [0.3, 0.4) is 0 Å². The standard InChI is InChI=1S/C15H19N3O2S/c16-10-2-3-12-13(8-10)18-14(17-12)21(19)11-4-7-20-15(9-11)5-1-6-15/h2-3,8,11H,1,4-7,9,16H2,(H,17,18). The molecule has 1 aliphatic heterocycles. The summed E-state index contributed by atoms with van der Waals surface area (Å²) in [6, 6.07) is 5.51. The van der Waals surface area contributed by atoms with Gasteiger partial charge in [-0.05, 0) is 50.3 Å². The molecule has 2 aromatic rings. The summed E-state index contributed by atoms with van der Waals surface area (Å²) in [7, 11) is -1.11. The lowest BCUT2D eigenvalue weighted by molar-refractivity contribution is -0.125. The molecule has 1 saturated carbocycles. The van der Waals surface area contributed by atoms with E-state index in [9.17, 15) is 4.21 Å². The number of ether oxygens (including phenoxy) is 1. The maximum absolute atomic E-state index is 12.8. The van der Waals surface area contributed by atoms with Gasteiger partial charge >= 0.3 is 0 Å². The smallest absolute Gasteiger partial charge is 0.197 e. The fourth-order valence-electron chi connectivity index (χ4n) is 3.34. The molecular weight excluding hydrogens is 286 g/mol. The molecule has 1 saturated heterocycles. The molecule has 1 aromatic carbocycles. The number of nitrogen functional groups attached to an aromatic ring is 1. The Morgan fingerprint density at radius 3 is 3.05 bits per heavy atom. The SMILES string of the molecule is Nc1ccc2nc(S(=O)C3CCOC4(CCC4)C3)[nH]c2c1. The van der Waals surface area contributed by atoms with Crippen molar-refractivity contribution in [2.75, 3.05) is 12.3 Å². The molecule has 1 spiro atoms. The van der Waals surface area contributed by atoms with Gasteiger partial charge in [0.05, 0.1) is 27.4 Å². The summed E-state index contributed by atoms with van der Waals surface area (Å²) < 4.78 is 18.7. The van der Waals surface area contributed by atoms with E-state index in [1.165, 1.54) is 6.42 Å². The summed E-state index contributed by atoms with van der Waals surface area (Å²) in [6.45, 7) is 0.712. The number of aromatic nitrogens is 2. The summed E-state index contributed by atoms with van der Waals surface area (Å²) in [5.41, 5.74) is 8.13. The van der Waals surface area contributed by atoms with Crippen LogP contribution in [0.25, 0.3) is 11.0 Å². The van der Waals surface area contributed by atoms with Gasteiger partial charge in [0.1, 0.15) is 0 Å². The third-order valence-corrected chi connectivity index (χ3v) is 6.27. The number of nitrogens with two attached hydrogens (primary N) is 1. The van der Waals surface area contributed by atoms with E-state index in [1.807, 2.05) is 18.2 Å². The van der Waals surface area contributed by atoms with E-state index in [0.717, 1.165) is 36.7 Å². The van der Waals surface area contributed by atoms with Gasteiger partial charge in [-0.25, -0.2) is 4.98 Å². The lowest BCUT2D eigenvalue weighted by Crippen LogP contribution is -2.48. The Morgan fingerprint density at radius 1 is 1.43 bits per heavy atom. The van der Waals surface area contributed by atoms with Crippen molar-refractivity contribution in [1.29, 1.82) is 0 Å². The van der Waals surface area contributed by atoms with Gasteiger partial charge in [-0.3, -0.25) is 4.21 Å². The number of imidazole rings is 1. The van der Waals surface area contributed by atoms with Crippen molar-refractivity contribution in [2.45, 2.75) is 48.1 Å². The molecule has 2 fully saturated rings. The van der Waals surface area contributed by atoms with Gasteiger partial charge in [0.25, 0.3) is 0 Å². The molecule has 5 nitrogen and oxygen atoms in total. The van der Waals surface area contributed by atoms with Crippen LogP contribution in [0.4, 0.5) is 5.69 Å². The van der Waals surface area contributed by atoms with Crippen molar-refractivity contribution in [3.8, 4) is 0 Å². The minimum absolute atomic E-state index is 0.00895. The highest BCUT2D eigenvalue weighted by Crippen LogP contribution is 2.43. The summed E-state index contributed by atoms with van der Waals surface area (Å²) in [5, 5.41) is 0.703. The normalized spacial score (nSPS) is 25.8. The van der Waals surface area contributed by atoms with Crippen molar-refractivity contribution in [3.63, 3.8) is 0 Å². The van der Waals surface area contributed by atoms with E-state index in [4.69, 9.17) is 10.5 Å². The van der Waals surface area contributed by atoms with Crippen LogP contribution in [-0.4, -0.2) is 31.6 Å².